The molecule has 0 heterocycles. The van der Waals surface area contributed by atoms with Crippen LogP contribution in [0.5, 0.6) is 0 Å². The highest BCUT2D eigenvalue weighted by Gasteiger charge is 2.23. The first-order valence-electron chi connectivity index (χ1n) is 4.29. The first-order chi connectivity index (χ1) is 5.57. The van der Waals surface area contributed by atoms with Crippen LogP contribution in [0.15, 0.2) is 23.8 Å². The highest BCUT2D eigenvalue weighted by molar-refractivity contribution is 5.28. The van der Waals surface area contributed by atoms with Gasteiger partial charge in [0.2, 0.25) is 0 Å². The second kappa shape index (κ2) is 3.42. The normalized spacial score (nSPS) is 29.2. The second-order valence-electron chi connectivity index (χ2n) is 3.80. The molecule has 1 atom stereocenters. The second-order valence-corrected chi connectivity index (χ2v) is 3.80. The number of allylic oxidation sites excluding steroid dienone is 2. The molecule has 0 fully saturated rings. The van der Waals surface area contributed by atoms with Crippen LogP contribution >= 0.6 is 0 Å². The quantitative estimate of drug-likeness (QED) is 0.507. The predicted molar refractivity (Wildman–Crippen MR) is 48.8 cm³/mol. The zero-order chi connectivity index (χ0) is 9.19. The average molecular weight is 168 g/mol. The van der Waals surface area contributed by atoms with Crippen LogP contribution in [0.25, 0.3) is 0 Å². The van der Waals surface area contributed by atoms with Crippen LogP contribution in [0.1, 0.15) is 27.2 Å². The van der Waals surface area contributed by atoms with Gasteiger partial charge in [-0.3, -0.25) is 5.26 Å². The van der Waals surface area contributed by atoms with Crippen molar-refractivity contribution in [3.05, 3.63) is 23.8 Å². The fourth-order valence-electron chi connectivity index (χ4n) is 1.22. The lowest BCUT2D eigenvalue weighted by Gasteiger charge is -2.24. The van der Waals surface area contributed by atoms with E-state index >= 15 is 0 Å². The van der Waals surface area contributed by atoms with Crippen LogP contribution in [0.3, 0.4) is 0 Å². The van der Waals surface area contributed by atoms with Gasteiger partial charge >= 0.3 is 0 Å². The van der Waals surface area contributed by atoms with E-state index in [2.05, 4.69) is 24.8 Å². The minimum atomic E-state index is -0.515. The van der Waals surface area contributed by atoms with E-state index in [9.17, 15) is 0 Å². The zero-order valence-electron chi connectivity index (χ0n) is 7.87. The molecule has 68 valence electrons. The molecular weight excluding hydrogens is 152 g/mol. The van der Waals surface area contributed by atoms with Crippen molar-refractivity contribution in [2.24, 2.45) is 5.92 Å². The molecule has 0 aliphatic heterocycles. The summed E-state index contributed by atoms with van der Waals surface area (Å²) in [5.41, 5.74) is 0.794. The Morgan fingerprint density at radius 3 is 2.58 bits per heavy atom. The van der Waals surface area contributed by atoms with Crippen LogP contribution in [-0.2, 0) is 4.89 Å². The van der Waals surface area contributed by atoms with Gasteiger partial charge in [-0.05, 0) is 24.5 Å². The predicted octanol–water partition coefficient (Wildman–Crippen LogP) is 2.78. The number of hydrogen-bond acceptors (Lipinski definition) is 2. The Bertz CT molecular complexity index is 216. The molecule has 0 amide bonds. The highest BCUT2D eigenvalue weighted by Crippen LogP contribution is 2.26. The van der Waals surface area contributed by atoms with Gasteiger partial charge in [0.25, 0.3) is 0 Å². The highest BCUT2D eigenvalue weighted by atomic mass is 17.1. The van der Waals surface area contributed by atoms with Gasteiger partial charge in [0.05, 0.1) is 0 Å². The molecule has 0 radical (unpaired) electrons. The molecule has 0 spiro atoms. The zero-order valence-corrected chi connectivity index (χ0v) is 7.87. The van der Waals surface area contributed by atoms with Gasteiger partial charge in [-0.2, -0.15) is 0 Å². The molecule has 12 heavy (non-hydrogen) atoms. The van der Waals surface area contributed by atoms with E-state index in [4.69, 9.17) is 5.26 Å². The Morgan fingerprint density at radius 1 is 1.58 bits per heavy atom. The fraction of sp³-hybridized carbons (Fsp3) is 0.600. The summed E-state index contributed by atoms with van der Waals surface area (Å²) >= 11 is 0. The molecule has 1 unspecified atom stereocenters. The molecule has 1 aliphatic carbocycles. The number of hydrogen-bond donors (Lipinski definition) is 1. The number of rotatable bonds is 2. The Hall–Kier alpha value is -0.600. The van der Waals surface area contributed by atoms with Crippen molar-refractivity contribution in [1.29, 1.82) is 0 Å². The fourth-order valence-corrected chi connectivity index (χ4v) is 1.22. The summed E-state index contributed by atoms with van der Waals surface area (Å²) in [6.07, 6.45) is 6.78. The van der Waals surface area contributed by atoms with Crippen molar-refractivity contribution in [2.45, 2.75) is 32.8 Å². The summed E-state index contributed by atoms with van der Waals surface area (Å²) < 4.78 is 0. The summed E-state index contributed by atoms with van der Waals surface area (Å²) in [7, 11) is 0. The van der Waals surface area contributed by atoms with Gasteiger partial charge < -0.3 is 0 Å². The molecule has 0 aromatic carbocycles. The lowest BCUT2D eigenvalue weighted by molar-refractivity contribution is -0.301. The Labute approximate surface area is 73.5 Å². The van der Waals surface area contributed by atoms with Crippen LogP contribution in [0, 0.1) is 5.92 Å². The van der Waals surface area contributed by atoms with Crippen molar-refractivity contribution < 1.29 is 10.1 Å². The molecule has 0 saturated heterocycles. The van der Waals surface area contributed by atoms with Crippen LogP contribution in [0.4, 0.5) is 0 Å². The van der Waals surface area contributed by atoms with E-state index < -0.39 is 5.60 Å². The third kappa shape index (κ3) is 1.96. The molecule has 1 aliphatic rings. The molecule has 0 saturated carbocycles. The minimum absolute atomic E-state index is 0.515. The third-order valence-electron chi connectivity index (χ3n) is 2.25. The maximum Gasteiger partial charge on any atom is 0.122 e. The Morgan fingerprint density at radius 2 is 2.25 bits per heavy atom. The van der Waals surface area contributed by atoms with Gasteiger partial charge in [-0.15, -0.1) is 0 Å². The van der Waals surface area contributed by atoms with Crippen molar-refractivity contribution in [3.63, 3.8) is 0 Å². The van der Waals surface area contributed by atoms with Crippen LogP contribution < -0.4 is 0 Å². The molecule has 0 aromatic heterocycles. The van der Waals surface area contributed by atoms with E-state index in [1.807, 2.05) is 19.1 Å². The van der Waals surface area contributed by atoms with E-state index in [1.54, 1.807) is 0 Å². The standard InChI is InChI=1S/C10H16O2/c1-8(2)9-4-6-10(3,12-11)7-5-9/h4-6,8,11H,7H2,1-3H3. The van der Waals surface area contributed by atoms with Gasteiger partial charge in [-0.25, -0.2) is 4.89 Å². The summed E-state index contributed by atoms with van der Waals surface area (Å²) in [5, 5.41) is 8.59. The summed E-state index contributed by atoms with van der Waals surface area (Å²) in [6.45, 7) is 6.16. The molecule has 2 nitrogen and oxygen atoms in total. The van der Waals surface area contributed by atoms with E-state index in [1.165, 1.54) is 5.57 Å². The first-order valence-corrected chi connectivity index (χ1v) is 4.29. The molecule has 0 bridgehead atoms. The largest absolute Gasteiger partial charge is 0.251 e. The first kappa shape index (κ1) is 9.49. The van der Waals surface area contributed by atoms with Crippen molar-refractivity contribution in [2.75, 3.05) is 0 Å². The molecule has 2 heteroatoms. The van der Waals surface area contributed by atoms with Crippen molar-refractivity contribution >= 4 is 0 Å². The van der Waals surface area contributed by atoms with Crippen LogP contribution in [-0.4, -0.2) is 10.9 Å². The van der Waals surface area contributed by atoms with Crippen molar-refractivity contribution in [1.82, 2.24) is 0 Å². The van der Waals surface area contributed by atoms with Gasteiger partial charge in [-0.1, -0.05) is 26.0 Å². The summed E-state index contributed by atoms with van der Waals surface area (Å²) in [4.78, 5) is 4.38. The summed E-state index contributed by atoms with van der Waals surface area (Å²) in [5.74, 6) is 0.546. The Kier molecular flexibility index (Phi) is 2.70. The third-order valence-corrected chi connectivity index (χ3v) is 2.25. The summed E-state index contributed by atoms with van der Waals surface area (Å²) in [6, 6.07) is 0. The SMILES string of the molecule is CC(C)C1=CCC(C)(OO)C=C1. The average Bonchev–Trinajstić information content (AvgIpc) is 2.05. The maximum atomic E-state index is 8.59. The van der Waals surface area contributed by atoms with Crippen molar-refractivity contribution in [3.8, 4) is 0 Å². The molecule has 1 rings (SSSR count). The van der Waals surface area contributed by atoms with E-state index in [0.29, 0.717) is 5.92 Å². The maximum absolute atomic E-state index is 8.59. The van der Waals surface area contributed by atoms with Gasteiger partial charge in [0.1, 0.15) is 5.60 Å². The van der Waals surface area contributed by atoms with Gasteiger partial charge in [0, 0.05) is 6.42 Å². The Balaban J connectivity index is 2.67. The lowest BCUT2D eigenvalue weighted by atomic mass is 9.89. The van der Waals surface area contributed by atoms with E-state index in [0.717, 1.165) is 6.42 Å². The monoisotopic (exact) mass is 168 g/mol. The van der Waals surface area contributed by atoms with Gasteiger partial charge in [0.15, 0.2) is 0 Å². The van der Waals surface area contributed by atoms with E-state index in [-0.39, 0.29) is 0 Å². The lowest BCUT2D eigenvalue weighted by Crippen LogP contribution is -2.25. The smallest absolute Gasteiger partial charge is 0.122 e. The molecule has 0 aromatic rings. The minimum Gasteiger partial charge on any atom is -0.251 e. The molecule has 1 N–H and O–H groups in total. The topological polar surface area (TPSA) is 29.5 Å². The molecular formula is C10H16O2. The van der Waals surface area contributed by atoms with Crippen LogP contribution in [0.2, 0.25) is 0 Å².